The number of amides is 2. The first-order valence-corrected chi connectivity index (χ1v) is 12.5. The lowest BCUT2D eigenvalue weighted by atomic mass is 9.86. The van der Waals surface area contributed by atoms with Crippen molar-refractivity contribution in [3.05, 3.63) is 82.3 Å². The molecular weight excluding hydrogens is 495 g/mol. The number of carbonyl (C=O) groups is 2. The molecule has 2 amide bonds. The summed E-state index contributed by atoms with van der Waals surface area (Å²) in [7, 11) is 0. The molecule has 1 fully saturated rings. The standard InChI is InChI=1S/C28H30ClFN4O3/c1-28(2,3)17-4-7-21(24(14-17)37-20-10-12-31-13-11-20)26(35)33-23-8-6-19(30)15-22(23)27(36)34-25-9-5-18(29)16-32-25/h4-9,14-16,20,31H,10-13H2,1-3H3,(H,33,35)(H,32,34,36). The molecule has 0 aliphatic carbocycles. The molecule has 2 heterocycles. The van der Waals surface area contributed by atoms with Gasteiger partial charge in [-0.05, 0) is 79.4 Å². The third-order valence-electron chi connectivity index (χ3n) is 6.12. The fraction of sp³-hybridized carbons (Fsp3) is 0.321. The molecule has 0 spiro atoms. The van der Waals surface area contributed by atoms with Crippen molar-refractivity contribution in [2.45, 2.75) is 45.1 Å². The molecule has 0 bridgehead atoms. The summed E-state index contributed by atoms with van der Waals surface area (Å²) in [6, 6.07) is 12.2. The lowest BCUT2D eigenvalue weighted by molar-refractivity contribution is 0.101. The molecule has 1 aliphatic rings. The number of halogens is 2. The Balaban J connectivity index is 1.61. The molecule has 4 rings (SSSR count). The van der Waals surface area contributed by atoms with Crippen LogP contribution in [-0.2, 0) is 5.41 Å². The minimum atomic E-state index is -0.626. The number of aromatic nitrogens is 1. The van der Waals surface area contributed by atoms with E-state index < -0.39 is 17.6 Å². The predicted octanol–water partition coefficient (Wildman–Crippen LogP) is 5.81. The normalized spacial score (nSPS) is 14.2. The van der Waals surface area contributed by atoms with Gasteiger partial charge < -0.3 is 20.7 Å². The van der Waals surface area contributed by atoms with E-state index in [0.29, 0.717) is 16.3 Å². The molecule has 3 aromatic rings. The van der Waals surface area contributed by atoms with E-state index >= 15 is 0 Å². The number of pyridine rings is 1. The van der Waals surface area contributed by atoms with Gasteiger partial charge in [0, 0.05) is 6.20 Å². The van der Waals surface area contributed by atoms with Crippen LogP contribution < -0.4 is 20.7 Å². The minimum absolute atomic E-state index is 0.0120. The molecule has 9 heteroatoms. The lowest BCUT2D eigenvalue weighted by Crippen LogP contribution is -2.34. The third kappa shape index (κ3) is 6.84. The molecule has 7 nitrogen and oxygen atoms in total. The van der Waals surface area contributed by atoms with Crippen molar-refractivity contribution in [1.82, 2.24) is 10.3 Å². The highest BCUT2D eigenvalue weighted by atomic mass is 35.5. The van der Waals surface area contributed by atoms with Crippen molar-refractivity contribution in [2.75, 3.05) is 23.7 Å². The van der Waals surface area contributed by atoms with Crippen molar-refractivity contribution >= 4 is 34.9 Å². The summed E-state index contributed by atoms with van der Waals surface area (Å²) >= 11 is 5.85. The number of anilines is 2. The van der Waals surface area contributed by atoms with Crippen LogP contribution in [0.3, 0.4) is 0 Å². The van der Waals surface area contributed by atoms with Crippen molar-refractivity contribution in [1.29, 1.82) is 0 Å². The molecule has 0 unspecified atom stereocenters. The summed E-state index contributed by atoms with van der Waals surface area (Å²) in [4.78, 5) is 30.4. The Morgan fingerprint density at radius 3 is 2.41 bits per heavy atom. The van der Waals surface area contributed by atoms with Crippen molar-refractivity contribution in [3.8, 4) is 5.75 Å². The van der Waals surface area contributed by atoms with Gasteiger partial charge in [0.25, 0.3) is 11.8 Å². The quantitative estimate of drug-likeness (QED) is 0.378. The molecule has 0 saturated carbocycles. The molecule has 1 aromatic heterocycles. The van der Waals surface area contributed by atoms with Gasteiger partial charge in [-0.1, -0.05) is 38.4 Å². The van der Waals surface area contributed by atoms with Crippen LogP contribution in [0.2, 0.25) is 5.02 Å². The molecular formula is C28H30ClFN4O3. The number of benzene rings is 2. The van der Waals surface area contributed by atoms with Gasteiger partial charge in [-0.3, -0.25) is 9.59 Å². The van der Waals surface area contributed by atoms with E-state index in [0.717, 1.165) is 37.6 Å². The summed E-state index contributed by atoms with van der Waals surface area (Å²) < 4.78 is 20.4. The van der Waals surface area contributed by atoms with E-state index in [1.54, 1.807) is 12.1 Å². The highest BCUT2D eigenvalue weighted by molar-refractivity contribution is 6.30. The number of nitrogens with one attached hydrogen (secondary N) is 3. The maximum absolute atomic E-state index is 14.1. The predicted molar refractivity (Wildman–Crippen MR) is 143 cm³/mol. The smallest absolute Gasteiger partial charge is 0.259 e. The average Bonchev–Trinajstić information content (AvgIpc) is 2.86. The topological polar surface area (TPSA) is 92.4 Å². The number of nitrogens with zero attached hydrogens (tertiary/aromatic N) is 1. The highest BCUT2D eigenvalue weighted by Gasteiger charge is 2.24. The number of carbonyl (C=O) groups excluding carboxylic acids is 2. The molecule has 3 N–H and O–H groups in total. The third-order valence-corrected chi connectivity index (χ3v) is 6.34. The van der Waals surface area contributed by atoms with E-state index in [2.05, 4.69) is 41.7 Å². The van der Waals surface area contributed by atoms with Crippen LogP contribution in [-0.4, -0.2) is 36.0 Å². The van der Waals surface area contributed by atoms with Gasteiger partial charge in [-0.2, -0.15) is 0 Å². The van der Waals surface area contributed by atoms with Gasteiger partial charge >= 0.3 is 0 Å². The zero-order valence-corrected chi connectivity index (χ0v) is 21.8. The van der Waals surface area contributed by atoms with E-state index in [1.807, 2.05) is 12.1 Å². The Kier molecular flexibility index (Phi) is 8.10. The second-order valence-corrected chi connectivity index (χ2v) is 10.4. The Hall–Kier alpha value is -3.49. The zero-order chi connectivity index (χ0) is 26.6. The SMILES string of the molecule is CC(C)(C)c1ccc(C(=O)Nc2ccc(F)cc2C(=O)Nc2ccc(Cl)cn2)c(OC2CCNCC2)c1. The monoisotopic (exact) mass is 524 g/mol. The van der Waals surface area contributed by atoms with Gasteiger partial charge in [0.1, 0.15) is 23.5 Å². The fourth-order valence-corrected chi connectivity index (χ4v) is 4.11. The van der Waals surface area contributed by atoms with Crippen LogP contribution >= 0.6 is 11.6 Å². The molecule has 0 atom stereocenters. The maximum atomic E-state index is 14.1. The van der Waals surface area contributed by atoms with E-state index in [9.17, 15) is 14.0 Å². The fourth-order valence-electron chi connectivity index (χ4n) is 4.00. The summed E-state index contributed by atoms with van der Waals surface area (Å²) in [6.07, 6.45) is 3.04. The summed E-state index contributed by atoms with van der Waals surface area (Å²) in [5.41, 5.74) is 1.34. The van der Waals surface area contributed by atoms with Crippen molar-refractivity contribution in [3.63, 3.8) is 0 Å². The number of piperidine rings is 1. The Morgan fingerprint density at radius 2 is 1.73 bits per heavy atom. The van der Waals surface area contributed by atoms with Crippen LogP contribution in [0, 0.1) is 5.82 Å². The largest absolute Gasteiger partial charge is 0.489 e. The van der Waals surface area contributed by atoms with Gasteiger partial charge in [0.2, 0.25) is 0 Å². The van der Waals surface area contributed by atoms with Crippen molar-refractivity contribution < 1.29 is 18.7 Å². The van der Waals surface area contributed by atoms with Crippen LogP contribution in [0.5, 0.6) is 5.75 Å². The van der Waals surface area contributed by atoms with Crippen LogP contribution in [0.4, 0.5) is 15.9 Å². The molecule has 0 radical (unpaired) electrons. The summed E-state index contributed by atoms with van der Waals surface area (Å²) in [5, 5.41) is 9.09. The Labute approximate surface area is 220 Å². The van der Waals surface area contributed by atoms with Crippen LogP contribution in [0.15, 0.2) is 54.7 Å². The summed E-state index contributed by atoms with van der Waals surface area (Å²) in [6.45, 7) is 7.98. The second-order valence-electron chi connectivity index (χ2n) is 9.99. The van der Waals surface area contributed by atoms with Crippen LogP contribution in [0.1, 0.15) is 59.9 Å². The van der Waals surface area contributed by atoms with Gasteiger partial charge in [-0.15, -0.1) is 0 Å². The second kappa shape index (κ2) is 11.3. The Morgan fingerprint density at radius 1 is 1.00 bits per heavy atom. The molecule has 1 aliphatic heterocycles. The number of rotatable bonds is 6. The lowest BCUT2D eigenvalue weighted by Gasteiger charge is -2.27. The molecule has 1 saturated heterocycles. The van der Waals surface area contributed by atoms with Gasteiger partial charge in [0.05, 0.1) is 21.8 Å². The van der Waals surface area contributed by atoms with E-state index in [4.69, 9.17) is 16.3 Å². The first-order valence-electron chi connectivity index (χ1n) is 12.2. The number of hydrogen-bond acceptors (Lipinski definition) is 5. The first kappa shape index (κ1) is 26.6. The average molecular weight is 525 g/mol. The van der Waals surface area contributed by atoms with Gasteiger partial charge in [0.15, 0.2) is 0 Å². The zero-order valence-electron chi connectivity index (χ0n) is 21.0. The van der Waals surface area contributed by atoms with Gasteiger partial charge in [-0.25, -0.2) is 9.37 Å². The number of ether oxygens (including phenoxy) is 1. The Bertz CT molecular complexity index is 1290. The first-order chi connectivity index (χ1) is 17.6. The maximum Gasteiger partial charge on any atom is 0.259 e. The molecule has 2 aromatic carbocycles. The highest BCUT2D eigenvalue weighted by Crippen LogP contribution is 2.31. The molecule has 194 valence electrons. The van der Waals surface area contributed by atoms with E-state index in [1.165, 1.54) is 24.4 Å². The number of hydrogen-bond donors (Lipinski definition) is 3. The van der Waals surface area contributed by atoms with Crippen LogP contribution in [0.25, 0.3) is 0 Å². The van der Waals surface area contributed by atoms with E-state index in [-0.39, 0.29) is 28.6 Å². The molecule has 37 heavy (non-hydrogen) atoms. The summed E-state index contributed by atoms with van der Waals surface area (Å²) in [5.74, 6) is -0.980. The minimum Gasteiger partial charge on any atom is -0.489 e. The van der Waals surface area contributed by atoms with Crippen molar-refractivity contribution in [2.24, 2.45) is 0 Å².